The summed E-state index contributed by atoms with van der Waals surface area (Å²) in [6.07, 6.45) is 3.64. The highest BCUT2D eigenvalue weighted by Gasteiger charge is 2.13. The number of benzene rings is 1. The summed E-state index contributed by atoms with van der Waals surface area (Å²) >= 11 is 0. The lowest BCUT2D eigenvalue weighted by Gasteiger charge is -2.13. The summed E-state index contributed by atoms with van der Waals surface area (Å²) in [6.45, 7) is 4.75. The van der Waals surface area contributed by atoms with E-state index < -0.39 is 0 Å². The molecule has 0 radical (unpaired) electrons. The molecule has 136 valence electrons. The van der Waals surface area contributed by atoms with Gasteiger partial charge in [-0.05, 0) is 49.7 Å². The smallest absolute Gasteiger partial charge is 0.158 e. The molecular weight excluding hydrogens is 338 g/mol. The SMILES string of the molecule is COc1ccc(-c2cc3nc(C)c(C)c(NCc4cccnc4)n3n2)cc1. The molecule has 0 spiro atoms. The number of anilines is 1. The Balaban J connectivity index is 1.73. The van der Waals surface area contributed by atoms with Crippen LogP contribution in [0.4, 0.5) is 5.82 Å². The van der Waals surface area contributed by atoms with Crippen molar-refractivity contribution >= 4 is 11.5 Å². The molecule has 0 bridgehead atoms. The second-order valence-corrected chi connectivity index (χ2v) is 6.41. The molecule has 3 aromatic heterocycles. The first-order chi connectivity index (χ1) is 13.2. The molecular formula is C21H21N5O. The number of rotatable bonds is 5. The minimum Gasteiger partial charge on any atom is -0.497 e. The van der Waals surface area contributed by atoms with E-state index in [1.807, 2.05) is 60.1 Å². The van der Waals surface area contributed by atoms with Gasteiger partial charge in [0.15, 0.2) is 5.65 Å². The van der Waals surface area contributed by atoms with E-state index in [2.05, 4.69) is 17.2 Å². The molecule has 0 saturated carbocycles. The third kappa shape index (κ3) is 3.33. The zero-order chi connectivity index (χ0) is 18.8. The van der Waals surface area contributed by atoms with Gasteiger partial charge in [0.2, 0.25) is 0 Å². The number of pyridine rings is 1. The van der Waals surface area contributed by atoms with E-state index in [1.165, 1.54) is 0 Å². The number of aryl methyl sites for hydroxylation is 1. The lowest BCUT2D eigenvalue weighted by atomic mass is 10.1. The summed E-state index contributed by atoms with van der Waals surface area (Å²) in [6, 6.07) is 13.9. The third-order valence-corrected chi connectivity index (χ3v) is 4.65. The minimum absolute atomic E-state index is 0.672. The standard InChI is InChI=1S/C21H21N5O/c1-14-15(2)24-20-11-19(17-6-8-18(27-3)9-7-17)25-26(20)21(14)23-13-16-5-4-10-22-12-16/h4-12,23H,13H2,1-3H3. The van der Waals surface area contributed by atoms with Crippen LogP contribution in [0.1, 0.15) is 16.8 Å². The largest absolute Gasteiger partial charge is 0.497 e. The van der Waals surface area contributed by atoms with Crippen LogP contribution >= 0.6 is 0 Å². The highest BCUT2D eigenvalue weighted by molar-refractivity contribution is 5.67. The Bertz CT molecular complexity index is 1070. The van der Waals surface area contributed by atoms with Gasteiger partial charge in [-0.25, -0.2) is 4.98 Å². The molecule has 0 amide bonds. The zero-order valence-electron chi connectivity index (χ0n) is 15.6. The van der Waals surface area contributed by atoms with Crippen LogP contribution in [-0.4, -0.2) is 26.7 Å². The molecule has 0 aliphatic carbocycles. The van der Waals surface area contributed by atoms with Crippen LogP contribution in [0.3, 0.4) is 0 Å². The van der Waals surface area contributed by atoms with Gasteiger partial charge in [0.05, 0.1) is 12.8 Å². The zero-order valence-corrected chi connectivity index (χ0v) is 15.6. The molecule has 0 aliphatic rings. The van der Waals surface area contributed by atoms with Crippen LogP contribution in [0.5, 0.6) is 5.75 Å². The average molecular weight is 359 g/mol. The number of methoxy groups -OCH3 is 1. The van der Waals surface area contributed by atoms with Crippen molar-refractivity contribution in [3.05, 3.63) is 71.7 Å². The van der Waals surface area contributed by atoms with Gasteiger partial charge in [0.1, 0.15) is 11.6 Å². The normalized spacial score (nSPS) is 10.9. The molecule has 6 nitrogen and oxygen atoms in total. The summed E-state index contributed by atoms with van der Waals surface area (Å²) in [7, 11) is 1.66. The first-order valence-corrected chi connectivity index (χ1v) is 8.80. The van der Waals surface area contributed by atoms with Crippen molar-refractivity contribution in [2.75, 3.05) is 12.4 Å². The molecule has 1 N–H and O–H groups in total. The Hall–Kier alpha value is -3.41. The van der Waals surface area contributed by atoms with E-state index in [0.717, 1.165) is 45.3 Å². The first-order valence-electron chi connectivity index (χ1n) is 8.80. The number of ether oxygens (including phenoxy) is 1. The molecule has 4 aromatic rings. The third-order valence-electron chi connectivity index (χ3n) is 4.65. The monoisotopic (exact) mass is 359 g/mol. The van der Waals surface area contributed by atoms with Gasteiger partial charge in [-0.2, -0.15) is 9.61 Å². The Morgan fingerprint density at radius 2 is 1.93 bits per heavy atom. The van der Waals surface area contributed by atoms with Gasteiger partial charge >= 0.3 is 0 Å². The Morgan fingerprint density at radius 1 is 1.11 bits per heavy atom. The van der Waals surface area contributed by atoms with E-state index in [-0.39, 0.29) is 0 Å². The van der Waals surface area contributed by atoms with Gasteiger partial charge in [-0.15, -0.1) is 0 Å². The average Bonchev–Trinajstić information content (AvgIpc) is 3.12. The lowest BCUT2D eigenvalue weighted by molar-refractivity contribution is 0.415. The fourth-order valence-corrected chi connectivity index (χ4v) is 3.00. The molecule has 3 heterocycles. The van der Waals surface area contributed by atoms with Crippen molar-refractivity contribution in [2.45, 2.75) is 20.4 Å². The van der Waals surface area contributed by atoms with Crippen molar-refractivity contribution < 1.29 is 4.74 Å². The molecule has 0 unspecified atom stereocenters. The van der Waals surface area contributed by atoms with Crippen LogP contribution < -0.4 is 10.1 Å². The fourth-order valence-electron chi connectivity index (χ4n) is 3.00. The predicted octanol–water partition coefficient (Wildman–Crippen LogP) is 4.03. The Kier molecular flexibility index (Phi) is 4.46. The highest BCUT2D eigenvalue weighted by Crippen LogP contribution is 2.26. The topological polar surface area (TPSA) is 64.3 Å². The van der Waals surface area contributed by atoms with E-state index in [1.54, 1.807) is 13.3 Å². The second-order valence-electron chi connectivity index (χ2n) is 6.41. The van der Waals surface area contributed by atoms with Crippen molar-refractivity contribution in [2.24, 2.45) is 0 Å². The summed E-state index contributed by atoms with van der Waals surface area (Å²) < 4.78 is 7.11. The van der Waals surface area contributed by atoms with E-state index in [4.69, 9.17) is 14.8 Å². The van der Waals surface area contributed by atoms with Crippen LogP contribution in [0, 0.1) is 13.8 Å². The number of aromatic nitrogens is 4. The molecule has 0 atom stereocenters. The van der Waals surface area contributed by atoms with E-state index in [0.29, 0.717) is 6.54 Å². The van der Waals surface area contributed by atoms with Gasteiger partial charge in [0, 0.05) is 41.8 Å². The summed E-state index contributed by atoms with van der Waals surface area (Å²) in [5, 5.41) is 8.28. The highest BCUT2D eigenvalue weighted by atomic mass is 16.5. The van der Waals surface area contributed by atoms with Crippen molar-refractivity contribution in [1.29, 1.82) is 0 Å². The minimum atomic E-state index is 0.672. The first kappa shape index (κ1) is 17.0. The summed E-state index contributed by atoms with van der Waals surface area (Å²) in [5.41, 5.74) is 5.89. The molecule has 0 saturated heterocycles. The maximum absolute atomic E-state index is 5.24. The van der Waals surface area contributed by atoms with Crippen LogP contribution in [0.25, 0.3) is 16.9 Å². The fraction of sp³-hybridized carbons (Fsp3) is 0.190. The van der Waals surface area contributed by atoms with Gasteiger partial charge in [-0.3, -0.25) is 4.98 Å². The molecule has 0 fully saturated rings. The quantitative estimate of drug-likeness (QED) is 0.583. The number of nitrogens with zero attached hydrogens (tertiary/aromatic N) is 4. The maximum Gasteiger partial charge on any atom is 0.158 e. The van der Waals surface area contributed by atoms with Crippen molar-refractivity contribution in [1.82, 2.24) is 19.6 Å². The Morgan fingerprint density at radius 3 is 2.63 bits per heavy atom. The van der Waals surface area contributed by atoms with Crippen molar-refractivity contribution in [3.63, 3.8) is 0 Å². The van der Waals surface area contributed by atoms with Crippen LogP contribution in [0.15, 0.2) is 54.9 Å². The van der Waals surface area contributed by atoms with E-state index in [9.17, 15) is 0 Å². The predicted molar refractivity (Wildman–Crippen MR) is 106 cm³/mol. The maximum atomic E-state index is 5.24. The molecule has 4 rings (SSSR count). The molecule has 1 aromatic carbocycles. The number of nitrogens with one attached hydrogen (secondary N) is 1. The molecule has 27 heavy (non-hydrogen) atoms. The van der Waals surface area contributed by atoms with Crippen LogP contribution in [0.2, 0.25) is 0 Å². The van der Waals surface area contributed by atoms with E-state index >= 15 is 0 Å². The number of hydrogen-bond donors (Lipinski definition) is 1. The number of hydrogen-bond acceptors (Lipinski definition) is 5. The van der Waals surface area contributed by atoms with Gasteiger partial charge in [-0.1, -0.05) is 6.07 Å². The summed E-state index contributed by atoms with van der Waals surface area (Å²) in [5.74, 6) is 1.77. The second kappa shape index (κ2) is 7.07. The van der Waals surface area contributed by atoms with Gasteiger partial charge < -0.3 is 10.1 Å². The Labute approximate surface area is 157 Å². The van der Waals surface area contributed by atoms with Gasteiger partial charge in [0.25, 0.3) is 0 Å². The number of fused-ring (bicyclic) bond motifs is 1. The molecule has 0 aliphatic heterocycles. The summed E-state index contributed by atoms with van der Waals surface area (Å²) in [4.78, 5) is 8.87. The molecule has 6 heteroatoms. The van der Waals surface area contributed by atoms with Crippen molar-refractivity contribution in [3.8, 4) is 17.0 Å². The lowest BCUT2D eigenvalue weighted by Crippen LogP contribution is -2.09. The van der Waals surface area contributed by atoms with Crippen LogP contribution in [-0.2, 0) is 6.54 Å².